The van der Waals surface area contributed by atoms with Gasteiger partial charge in [0, 0.05) is 37.6 Å². The van der Waals surface area contributed by atoms with E-state index >= 15 is 0 Å². The highest BCUT2D eigenvalue weighted by atomic mass is 32.2. The SMILES string of the molecule is O=C(N1CCc2ccccc21)N1CCc2cc(S(=O)(=O)N3CCCCC3)ccc21. The van der Waals surface area contributed by atoms with Crippen molar-refractivity contribution in [1.29, 1.82) is 0 Å². The minimum absolute atomic E-state index is 0.0275. The van der Waals surface area contributed by atoms with Crippen molar-refractivity contribution in [2.45, 2.75) is 37.0 Å². The maximum Gasteiger partial charge on any atom is 0.328 e. The number of urea groups is 1. The molecule has 0 N–H and O–H groups in total. The molecule has 2 aromatic carbocycles. The molecule has 7 heteroatoms. The molecule has 0 radical (unpaired) electrons. The summed E-state index contributed by atoms with van der Waals surface area (Å²) in [5.41, 5.74) is 3.94. The first-order chi connectivity index (χ1) is 14.1. The van der Waals surface area contributed by atoms with Crippen molar-refractivity contribution in [3.05, 3.63) is 53.6 Å². The van der Waals surface area contributed by atoms with Gasteiger partial charge in [0.25, 0.3) is 0 Å². The van der Waals surface area contributed by atoms with Gasteiger partial charge < -0.3 is 0 Å². The molecule has 1 fully saturated rings. The van der Waals surface area contributed by atoms with Gasteiger partial charge in [-0.25, -0.2) is 13.2 Å². The molecule has 0 spiro atoms. The van der Waals surface area contributed by atoms with Gasteiger partial charge in [-0.15, -0.1) is 0 Å². The number of hydrogen-bond acceptors (Lipinski definition) is 3. The Labute approximate surface area is 171 Å². The number of carbonyl (C=O) groups is 1. The Morgan fingerprint density at radius 2 is 1.41 bits per heavy atom. The zero-order chi connectivity index (χ0) is 20.0. The number of nitrogens with zero attached hydrogens (tertiary/aromatic N) is 3. The van der Waals surface area contributed by atoms with Crippen LogP contribution in [0.15, 0.2) is 47.4 Å². The van der Waals surface area contributed by atoms with E-state index in [-0.39, 0.29) is 6.03 Å². The molecular weight excluding hydrogens is 386 g/mol. The van der Waals surface area contributed by atoms with E-state index in [4.69, 9.17) is 0 Å². The van der Waals surface area contributed by atoms with Gasteiger partial charge in [-0.3, -0.25) is 9.80 Å². The Morgan fingerprint density at radius 3 is 2.17 bits per heavy atom. The van der Waals surface area contributed by atoms with Crippen LogP contribution in [-0.2, 0) is 22.9 Å². The molecule has 0 aliphatic carbocycles. The van der Waals surface area contributed by atoms with E-state index in [0.717, 1.165) is 42.6 Å². The second-order valence-electron chi connectivity index (χ2n) is 7.97. The summed E-state index contributed by atoms with van der Waals surface area (Å²) in [6.07, 6.45) is 4.48. The number of sulfonamides is 1. The molecule has 0 saturated carbocycles. The smallest absolute Gasteiger partial charge is 0.293 e. The third-order valence-corrected chi connectivity index (χ3v) is 8.14. The second-order valence-corrected chi connectivity index (χ2v) is 9.91. The molecule has 152 valence electrons. The lowest BCUT2D eigenvalue weighted by atomic mass is 10.2. The van der Waals surface area contributed by atoms with Crippen molar-refractivity contribution >= 4 is 27.4 Å². The number of anilines is 2. The fourth-order valence-electron chi connectivity index (χ4n) is 4.67. The standard InChI is InChI=1S/C22H25N3O3S/c26-22(24-14-10-17-6-2-3-7-20(17)24)25-15-11-18-16-19(8-9-21(18)25)29(27,28)23-12-4-1-5-13-23/h2-3,6-9,16H,1,4-5,10-15H2. The lowest BCUT2D eigenvalue weighted by molar-refractivity contribution is 0.252. The Balaban J connectivity index is 1.41. The number of amides is 2. The van der Waals surface area contributed by atoms with Crippen LogP contribution in [0.25, 0.3) is 0 Å². The maximum atomic E-state index is 13.2. The summed E-state index contributed by atoms with van der Waals surface area (Å²) in [5.74, 6) is 0. The fourth-order valence-corrected chi connectivity index (χ4v) is 6.24. The number of benzene rings is 2. The molecule has 6 nitrogen and oxygen atoms in total. The quantitative estimate of drug-likeness (QED) is 0.761. The monoisotopic (exact) mass is 411 g/mol. The van der Waals surface area contributed by atoms with E-state index in [9.17, 15) is 13.2 Å². The third-order valence-electron chi connectivity index (χ3n) is 6.25. The van der Waals surface area contributed by atoms with Crippen LogP contribution in [-0.4, -0.2) is 44.9 Å². The highest BCUT2D eigenvalue weighted by molar-refractivity contribution is 7.89. The lowest BCUT2D eigenvalue weighted by Crippen LogP contribution is -2.41. The lowest BCUT2D eigenvalue weighted by Gasteiger charge is -2.27. The first-order valence-corrected chi connectivity index (χ1v) is 11.8. The van der Waals surface area contributed by atoms with Crippen LogP contribution in [0.1, 0.15) is 30.4 Å². The van der Waals surface area contributed by atoms with Crippen molar-refractivity contribution in [2.75, 3.05) is 36.0 Å². The Kier molecular flexibility index (Phi) is 4.59. The van der Waals surface area contributed by atoms with Gasteiger partial charge in [0.2, 0.25) is 10.0 Å². The Bertz CT molecular complexity index is 1060. The van der Waals surface area contributed by atoms with Gasteiger partial charge in [0.1, 0.15) is 0 Å². The van der Waals surface area contributed by atoms with Crippen LogP contribution >= 0.6 is 0 Å². The van der Waals surface area contributed by atoms with E-state index in [0.29, 0.717) is 37.5 Å². The van der Waals surface area contributed by atoms with Crippen LogP contribution in [0.4, 0.5) is 16.2 Å². The predicted molar refractivity (Wildman–Crippen MR) is 113 cm³/mol. The molecule has 29 heavy (non-hydrogen) atoms. The Morgan fingerprint density at radius 1 is 0.759 bits per heavy atom. The second kappa shape index (κ2) is 7.15. The molecule has 3 aliphatic heterocycles. The van der Waals surface area contributed by atoms with Crippen LogP contribution in [0.3, 0.4) is 0 Å². The maximum absolute atomic E-state index is 13.2. The minimum atomic E-state index is -3.46. The number of fused-ring (bicyclic) bond motifs is 2. The topological polar surface area (TPSA) is 60.9 Å². The molecular formula is C22H25N3O3S. The first-order valence-electron chi connectivity index (χ1n) is 10.4. The summed E-state index contributed by atoms with van der Waals surface area (Å²) in [6.45, 7) is 2.46. The molecule has 0 atom stereocenters. The van der Waals surface area contributed by atoms with Gasteiger partial charge in [-0.05, 0) is 61.1 Å². The van der Waals surface area contributed by atoms with E-state index < -0.39 is 10.0 Å². The molecule has 1 saturated heterocycles. The number of carbonyl (C=O) groups excluding carboxylic acids is 1. The van der Waals surface area contributed by atoms with Crippen molar-refractivity contribution in [2.24, 2.45) is 0 Å². The fraction of sp³-hybridized carbons (Fsp3) is 0.409. The summed E-state index contributed by atoms with van der Waals surface area (Å²) in [4.78, 5) is 17.2. The molecule has 0 bridgehead atoms. The Hall–Kier alpha value is -2.38. The molecule has 2 amide bonds. The van der Waals surface area contributed by atoms with Gasteiger partial charge in [0.05, 0.1) is 4.90 Å². The number of rotatable bonds is 2. The highest BCUT2D eigenvalue weighted by Crippen LogP contribution is 2.35. The van der Waals surface area contributed by atoms with Crippen LogP contribution in [0.2, 0.25) is 0 Å². The normalized spacial score (nSPS) is 19.3. The largest absolute Gasteiger partial charge is 0.328 e. The summed E-state index contributed by atoms with van der Waals surface area (Å²) in [7, 11) is -3.46. The third kappa shape index (κ3) is 3.13. The molecule has 2 aromatic rings. The molecule has 0 aromatic heterocycles. The first kappa shape index (κ1) is 18.6. The van der Waals surface area contributed by atoms with Crippen molar-refractivity contribution in [3.63, 3.8) is 0 Å². The van der Waals surface area contributed by atoms with E-state index in [1.165, 1.54) is 5.56 Å². The zero-order valence-electron chi connectivity index (χ0n) is 16.4. The molecule has 3 aliphatic rings. The van der Waals surface area contributed by atoms with E-state index in [2.05, 4.69) is 6.07 Å². The molecule has 0 unspecified atom stereocenters. The van der Waals surface area contributed by atoms with Crippen LogP contribution < -0.4 is 9.80 Å². The highest BCUT2D eigenvalue weighted by Gasteiger charge is 2.34. The molecule has 5 rings (SSSR count). The average molecular weight is 412 g/mol. The minimum Gasteiger partial charge on any atom is -0.293 e. The number of hydrogen-bond donors (Lipinski definition) is 0. The van der Waals surface area contributed by atoms with E-state index in [1.54, 1.807) is 27.4 Å². The number of para-hydroxylation sites is 1. The van der Waals surface area contributed by atoms with Crippen LogP contribution in [0.5, 0.6) is 0 Å². The summed E-state index contributed by atoms with van der Waals surface area (Å²) >= 11 is 0. The zero-order valence-corrected chi connectivity index (χ0v) is 17.2. The van der Waals surface area contributed by atoms with E-state index in [1.807, 2.05) is 23.1 Å². The summed E-state index contributed by atoms with van der Waals surface area (Å²) < 4.78 is 27.6. The van der Waals surface area contributed by atoms with Gasteiger partial charge in [-0.2, -0.15) is 4.31 Å². The van der Waals surface area contributed by atoms with Gasteiger partial charge in [0.15, 0.2) is 0 Å². The summed E-state index contributed by atoms with van der Waals surface area (Å²) in [5, 5.41) is 0. The van der Waals surface area contributed by atoms with Gasteiger partial charge >= 0.3 is 6.03 Å². The number of piperidine rings is 1. The van der Waals surface area contributed by atoms with Crippen molar-refractivity contribution in [3.8, 4) is 0 Å². The summed E-state index contributed by atoms with van der Waals surface area (Å²) in [6, 6.07) is 13.2. The average Bonchev–Trinajstić information content (AvgIpc) is 3.38. The molecule has 3 heterocycles. The van der Waals surface area contributed by atoms with Crippen molar-refractivity contribution in [1.82, 2.24) is 4.31 Å². The van der Waals surface area contributed by atoms with Crippen LogP contribution in [0, 0.1) is 0 Å². The van der Waals surface area contributed by atoms with Gasteiger partial charge in [-0.1, -0.05) is 24.6 Å². The predicted octanol–water partition coefficient (Wildman–Crippen LogP) is 3.41. The van der Waals surface area contributed by atoms with Crippen molar-refractivity contribution < 1.29 is 13.2 Å².